The second kappa shape index (κ2) is 8.02. The van der Waals surface area contributed by atoms with Crippen molar-refractivity contribution in [2.75, 3.05) is 26.4 Å². The van der Waals surface area contributed by atoms with Gasteiger partial charge in [0.2, 0.25) is 10.0 Å². The van der Waals surface area contributed by atoms with Crippen LogP contribution in [0.2, 0.25) is 0 Å². The molecule has 0 atom stereocenters. The zero-order chi connectivity index (χ0) is 12.6. The Hall–Kier alpha value is -0.170. The number of aliphatic hydroxyl groups excluding tert-OH is 1. The third-order valence-corrected chi connectivity index (χ3v) is 4.95. The highest BCUT2D eigenvalue weighted by Gasteiger charge is 2.26. The number of nitrogens with one attached hydrogen (secondary N) is 1. The highest BCUT2D eigenvalue weighted by molar-refractivity contribution is 7.90. The van der Waals surface area contributed by atoms with Crippen LogP contribution in [0.1, 0.15) is 38.5 Å². The molecule has 102 valence electrons. The molecule has 0 amide bonds. The van der Waals surface area contributed by atoms with E-state index in [1.807, 2.05) is 0 Å². The van der Waals surface area contributed by atoms with Crippen LogP contribution >= 0.6 is 0 Å². The van der Waals surface area contributed by atoms with Gasteiger partial charge in [-0.3, -0.25) is 0 Å². The lowest BCUT2D eigenvalue weighted by atomic mass is 10.2. The van der Waals surface area contributed by atoms with E-state index in [4.69, 9.17) is 9.84 Å². The molecule has 6 heteroatoms. The fourth-order valence-electron chi connectivity index (χ4n) is 1.91. The lowest BCUT2D eigenvalue weighted by Gasteiger charge is -2.22. The first-order chi connectivity index (χ1) is 8.17. The minimum absolute atomic E-state index is 0.216. The van der Waals surface area contributed by atoms with E-state index in [9.17, 15) is 8.42 Å². The SMILES string of the molecule is O=S(=O)(NCCCCCCO)C1CCOCC1. The predicted molar refractivity (Wildman–Crippen MR) is 66.3 cm³/mol. The Bertz CT molecular complexity index is 286. The summed E-state index contributed by atoms with van der Waals surface area (Å²) in [5, 5.41) is 8.32. The van der Waals surface area contributed by atoms with Gasteiger partial charge in [0.1, 0.15) is 0 Å². The van der Waals surface area contributed by atoms with E-state index < -0.39 is 10.0 Å². The van der Waals surface area contributed by atoms with Crippen molar-refractivity contribution in [2.45, 2.75) is 43.8 Å². The molecule has 0 bridgehead atoms. The Balaban J connectivity index is 2.15. The Labute approximate surface area is 104 Å². The number of unbranched alkanes of at least 4 members (excludes halogenated alkanes) is 3. The average molecular weight is 265 g/mol. The summed E-state index contributed by atoms with van der Waals surface area (Å²) in [7, 11) is -3.16. The highest BCUT2D eigenvalue weighted by atomic mass is 32.2. The fourth-order valence-corrected chi connectivity index (χ4v) is 3.39. The molecule has 1 aliphatic rings. The minimum Gasteiger partial charge on any atom is -0.396 e. The van der Waals surface area contributed by atoms with Gasteiger partial charge < -0.3 is 9.84 Å². The fraction of sp³-hybridized carbons (Fsp3) is 1.00. The molecule has 0 radical (unpaired) electrons. The summed E-state index contributed by atoms with van der Waals surface area (Å²) >= 11 is 0. The third-order valence-electron chi connectivity index (χ3n) is 3.00. The zero-order valence-corrected chi connectivity index (χ0v) is 11.0. The lowest BCUT2D eigenvalue weighted by molar-refractivity contribution is 0.0981. The molecule has 0 aromatic rings. The van der Waals surface area contributed by atoms with Crippen LogP contribution in [0.3, 0.4) is 0 Å². The molecular formula is C11H23NO4S. The first kappa shape index (κ1) is 14.9. The Morgan fingerprint density at radius 1 is 1.12 bits per heavy atom. The predicted octanol–water partition coefficient (Wildman–Crippen LogP) is 0.637. The summed E-state index contributed by atoms with van der Waals surface area (Å²) in [5.74, 6) is 0. The van der Waals surface area contributed by atoms with Crippen molar-refractivity contribution in [1.82, 2.24) is 4.72 Å². The maximum absolute atomic E-state index is 11.9. The van der Waals surface area contributed by atoms with Crippen LogP contribution in [0.15, 0.2) is 0 Å². The molecule has 1 rings (SSSR count). The molecule has 1 saturated heterocycles. The van der Waals surface area contributed by atoms with Gasteiger partial charge in [0.15, 0.2) is 0 Å². The largest absolute Gasteiger partial charge is 0.396 e. The quantitative estimate of drug-likeness (QED) is 0.631. The number of hydrogen-bond donors (Lipinski definition) is 2. The van der Waals surface area contributed by atoms with E-state index in [0.29, 0.717) is 32.6 Å². The molecule has 0 spiro atoms. The summed E-state index contributed by atoms with van der Waals surface area (Å²) in [4.78, 5) is 0. The van der Waals surface area contributed by atoms with Gasteiger partial charge in [-0.15, -0.1) is 0 Å². The molecule has 1 heterocycles. The van der Waals surface area contributed by atoms with E-state index in [1.165, 1.54) is 0 Å². The Morgan fingerprint density at radius 3 is 2.41 bits per heavy atom. The molecule has 1 aliphatic heterocycles. The van der Waals surface area contributed by atoms with Gasteiger partial charge in [-0.25, -0.2) is 13.1 Å². The second-order valence-electron chi connectivity index (χ2n) is 4.39. The van der Waals surface area contributed by atoms with E-state index in [2.05, 4.69) is 4.72 Å². The topological polar surface area (TPSA) is 75.6 Å². The summed E-state index contributed by atoms with van der Waals surface area (Å²) < 4.78 is 31.5. The van der Waals surface area contributed by atoms with Crippen LogP contribution in [0, 0.1) is 0 Å². The Morgan fingerprint density at radius 2 is 1.76 bits per heavy atom. The van der Waals surface area contributed by atoms with Gasteiger partial charge in [0.25, 0.3) is 0 Å². The summed E-state index contributed by atoms with van der Waals surface area (Å²) in [6.07, 6.45) is 4.74. The zero-order valence-electron chi connectivity index (χ0n) is 10.2. The standard InChI is InChI=1S/C11H23NO4S/c13-8-4-2-1-3-7-12-17(14,15)11-5-9-16-10-6-11/h11-13H,1-10H2. The van der Waals surface area contributed by atoms with Crippen LogP contribution in [-0.2, 0) is 14.8 Å². The molecule has 5 nitrogen and oxygen atoms in total. The number of sulfonamides is 1. The molecule has 0 aromatic heterocycles. The molecular weight excluding hydrogens is 242 g/mol. The van der Waals surface area contributed by atoms with Crippen molar-refractivity contribution in [3.63, 3.8) is 0 Å². The lowest BCUT2D eigenvalue weighted by Crippen LogP contribution is -2.38. The monoisotopic (exact) mass is 265 g/mol. The number of ether oxygens (including phenoxy) is 1. The molecule has 1 fully saturated rings. The summed E-state index contributed by atoms with van der Waals surface area (Å²) in [6.45, 7) is 1.81. The molecule has 0 saturated carbocycles. The van der Waals surface area contributed by atoms with Gasteiger partial charge in [-0.05, 0) is 25.7 Å². The van der Waals surface area contributed by atoms with Gasteiger partial charge in [-0.1, -0.05) is 12.8 Å². The van der Waals surface area contributed by atoms with Crippen molar-refractivity contribution in [3.05, 3.63) is 0 Å². The van der Waals surface area contributed by atoms with Crippen molar-refractivity contribution in [1.29, 1.82) is 0 Å². The first-order valence-corrected chi connectivity index (χ1v) is 7.88. The van der Waals surface area contributed by atoms with Crippen molar-refractivity contribution < 1.29 is 18.3 Å². The second-order valence-corrected chi connectivity index (χ2v) is 6.43. The van der Waals surface area contributed by atoms with Crippen molar-refractivity contribution in [2.24, 2.45) is 0 Å². The minimum atomic E-state index is -3.16. The van der Waals surface area contributed by atoms with E-state index in [1.54, 1.807) is 0 Å². The average Bonchev–Trinajstić information content (AvgIpc) is 2.35. The van der Waals surface area contributed by atoms with Crippen LogP contribution in [0.25, 0.3) is 0 Å². The Kier molecular flexibility index (Phi) is 7.03. The maximum Gasteiger partial charge on any atom is 0.214 e. The highest BCUT2D eigenvalue weighted by Crippen LogP contribution is 2.14. The van der Waals surface area contributed by atoms with E-state index in [0.717, 1.165) is 25.7 Å². The van der Waals surface area contributed by atoms with Crippen molar-refractivity contribution >= 4 is 10.0 Å². The summed E-state index contributed by atoms with van der Waals surface area (Å²) in [5.41, 5.74) is 0. The number of rotatable bonds is 8. The van der Waals surface area contributed by atoms with E-state index in [-0.39, 0.29) is 11.9 Å². The smallest absolute Gasteiger partial charge is 0.214 e. The first-order valence-electron chi connectivity index (χ1n) is 6.34. The molecule has 0 aromatic carbocycles. The van der Waals surface area contributed by atoms with Gasteiger partial charge >= 0.3 is 0 Å². The van der Waals surface area contributed by atoms with E-state index >= 15 is 0 Å². The normalized spacial score (nSPS) is 18.4. The van der Waals surface area contributed by atoms with Crippen molar-refractivity contribution in [3.8, 4) is 0 Å². The maximum atomic E-state index is 11.9. The van der Waals surface area contributed by atoms with Crippen LogP contribution in [-0.4, -0.2) is 45.1 Å². The van der Waals surface area contributed by atoms with Gasteiger partial charge in [0.05, 0.1) is 5.25 Å². The number of aliphatic hydroxyl groups is 1. The summed E-state index contributed by atoms with van der Waals surface area (Å²) in [6, 6.07) is 0. The van der Waals surface area contributed by atoms with Crippen LogP contribution < -0.4 is 4.72 Å². The number of hydrogen-bond acceptors (Lipinski definition) is 4. The molecule has 17 heavy (non-hydrogen) atoms. The third kappa shape index (κ3) is 5.81. The van der Waals surface area contributed by atoms with Crippen LogP contribution in [0.4, 0.5) is 0 Å². The molecule has 0 aliphatic carbocycles. The van der Waals surface area contributed by atoms with Crippen LogP contribution in [0.5, 0.6) is 0 Å². The molecule has 2 N–H and O–H groups in total. The van der Waals surface area contributed by atoms with Gasteiger partial charge in [0, 0.05) is 26.4 Å². The van der Waals surface area contributed by atoms with Gasteiger partial charge in [-0.2, -0.15) is 0 Å². The molecule has 0 unspecified atom stereocenters.